The van der Waals surface area contributed by atoms with E-state index in [0.29, 0.717) is 50.8 Å². The van der Waals surface area contributed by atoms with E-state index in [1.165, 1.54) is 0 Å². The van der Waals surface area contributed by atoms with Crippen LogP contribution in [0.25, 0.3) is 85.5 Å². The summed E-state index contributed by atoms with van der Waals surface area (Å²) in [5.74, 6) is 0. The van der Waals surface area contributed by atoms with E-state index in [0.717, 1.165) is 49.2 Å². The average molecular weight is 635 g/mol. The molecule has 0 bridgehead atoms. The lowest BCUT2D eigenvalue weighted by molar-refractivity contribution is 1.15. The zero-order valence-corrected chi connectivity index (χ0v) is 26.0. The first-order valence-electron chi connectivity index (χ1n) is 15.3. The summed E-state index contributed by atoms with van der Waals surface area (Å²) in [5, 5.41) is 22.6. The second kappa shape index (κ2) is 11.3. The minimum absolute atomic E-state index is 0.324. The second-order valence-corrected chi connectivity index (χ2v) is 11.6. The number of hydrogen-bond acceptors (Lipinski definition) is 2. The molecule has 0 spiro atoms. The summed E-state index contributed by atoms with van der Waals surface area (Å²) in [5.41, 5.74) is 8.26. The molecule has 0 saturated carbocycles. The maximum Gasteiger partial charge on any atom is 0.234 e. The number of nitrogens with zero attached hydrogens (tertiary/aromatic N) is 8. The molecule has 2 aromatic heterocycles. The molecule has 0 aliphatic rings. The highest BCUT2D eigenvalue weighted by molar-refractivity contribution is 6.14. The lowest BCUT2D eigenvalue weighted by Gasteiger charge is -2.20. The van der Waals surface area contributed by atoms with Crippen LogP contribution in [0.3, 0.4) is 0 Å². The average Bonchev–Trinajstić information content (AvgIpc) is 3.67. The number of benzene rings is 6. The van der Waals surface area contributed by atoms with Gasteiger partial charge < -0.3 is 9.13 Å². The lowest BCUT2D eigenvalue weighted by Crippen LogP contribution is -2.02. The van der Waals surface area contributed by atoms with Crippen molar-refractivity contribution in [3.8, 4) is 34.6 Å². The summed E-state index contributed by atoms with van der Waals surface area (Å²) >= 11 is 0. The number of fused-ring (bicyclic) bond motifs is 6. The van der Waals surface area contributed by atoms with E-state index < -0.39 is 0 Å². The highest BCUT2D eigenvalue weighted by Gasteiger charge is 2.25. The van der Waals surface area contributed by atoms with Crippen molar-refractivity contribution in [2.45, 2.75) is 0 Å². The quantitative estimate of drug-likeness (QED) is 0.181. The molecule has 2 heterocycles. The van der Waals surface area contributed by atoms with Gasteiger partial charge in [-0.05, 0) is 100 Å². The molecule has 0 saturated heterocycles. The Morgan fingerprint density at radius 2 is 0.980 bits per heavy atom. The maximum absolute atomic E-state index is 9.80. The zero-order chi connectivity index (χ0) is 34.5. The van der Waals surface area contributed by atoms with Crippen molar-refractivity contribution >= 4 is 66.4 Å². The molecule has 6 aromatic carbocycles. The van der Waals surface area contributed by atoms with Crippen molar-refractivity contribution in [2.24, 2.45) is 0 Å². The largest absolute Gasteiger partial charge is 0.319 e. The van der Waals surface area contributed by atoms with Gasteiger partial charge in [-0.1, -0.05) is 36.4 Å². The third-order valence-corrected chi connectivity index (χ3v) is 9.01. The smallest absolute Gasteiger partial charge is 0.234 e. The molecule has 8 nitrogen and oxygen atoms in total. The summed E-state index contributed by atoms with van der Waals surface area (Å²) in [6.07, 6.45) is 0. The Kier molecular flexibility index (Phi) is 6.60. The molecule has 0 fully saturated rings. The molecule has 0 aliphatic heterocycles. The highest BCUT2D eigenvalue weighted by Crippen LogP contribution is 2.47. The van der Waals surface area contributed by atoms with Crippen LogP contribution in [0.15, 0.2) is 109 Å². The monoisotopic (exact) mass is 634 g/mol. The molecule has 0 aliphatic carbocycles. The van der Waals surface area contributed by atoms with Gasteiger partial charge in [-0.3, -0.25) is 0 Å². The molecule has 8 aromatic rings. The molecule has 0 amide bonds. The van der Waals surface area contributed by atoms with E-state index in [1.807, 2.05) is 57.7 Å². The van der Waals surface area contributed by atoms with Crippen LogP contribution in [0.5, 0.6) is 0 Å². The van der Waals surface area contributed by atoms with Crippen LogP contribution in [0.2, 0.25) is 0 Å². The van der Waals surface area contributed by atoms with Gasteiger partial charge >= 0.3 is 0 Å². The number of hydrogen-bond donors (Lipinski definition) is 0. The van der Waals surface area contributed by atoms with Gasteiger partial charge in [0.1, 0.15) is 0 Å². The third kappa shape index (κ3) is 4.26. The normalized spacial score (nSPS) is 10.7. The number of aromatic nitrogens is 2. The van der Waals surface area contributed by atoms with Crippen LogP contribution in [-0.2, 0) is 0 Å². The third-order valence-electron chi connectivity index (χ3n) is 9.01. The molecular formula is C42H18N8. The standard InChI is InChI=1S/C42H18N8/c1-45-28-9-14-37-33(20-28)32-19-26(24-44)8-13-36(32)49(37)40-17-12-31(27-7-5-6-25(18-27)23-43)42(41(40)48-4)50-38-15-10-29(46-2)21-34(38)35-22-30(47-3)11-16-39(35)50/h5-22H. The van der Waals surface area contributed by atoms with Crippen LogP contribution in [-0.4, -0.2) is 9.13 Å². The fourth-order valence-corrected chi connectivity index (χ4v) is 6.86. The first kappa shape index (κ1) is 29.3. The SMILES string of the molecule is [C-]#[N+]c1ccc2c(c1)c1cc(C#N)ccc1n2-c1ccc(-c2cccc(C#N)c2)c(-n2c3ccc([N+]#[C-])cc3c3cc([N+]#[C-])ccc32)c1[N+]#[C-]. The maximum atomic E-state index is 9.80. The first-order valence-corrected chi connectivity index (χ1v) is 15.3. The van der Waals surface area contributed by atoms with Gasteiger partial charge in [-0.2, -0.15) is 10.5 Å². The second-order valence-electron chi connectivity index (χ2n) is 11.6. The van der Waals surface area contributed by atoms with E-state index in [4.69, 9.17) is 26.3 Å². The Balaban J connectivity index is 1.57. The van der Waals surface area contributed by atoms with Crippen LogP contribution < -0.4 is 0 Å². The minimum atomic E-state index is 0.324. The van der Waals surface area contributed by atoms with Crippen molar-refractivity contribution < 1.29 is 0 Å². The summed E-state index contributed by atoms with van der Waals surface area (Å²) in [4.78, 5) is 15.2. The van der Waals surface area contributed by atoms with Crippen LogP contribution in [0.4, 0.5) is 22.7 Å². The topological polar surface area (TPSA) is 74.9 Å². The van der Waals surface area contributed by atoms with E-state index >= 15 is 0 Å². The van der Waals surface area contributed by atoms with Crippen LogP contribution in [0, 0.1) is 49.0 Å². The van der Waals surface area contributed by atoms with E-state index in [1.54, 1.807) is 60.7 Å². The zero-order valence-electron chi connectivity index (χ0n) is 26.0. The molecular weight excluding hydrogens is 617 g/mol. The van der Waals surface area contributed by atoms with Crippen molar-refractivity contribution in [1.82, 2.24) is 9.13 Å². The van der Waals surface area contributed by atoms with Gasteiger partial charge in [-0.25, -0.2) is 19.4 Å². The Bertz CT molecular complexity index is 2920. The van der Waals surface area contributed by atoms with Gasteiger partial charge in [-0.15, -0.1) is 0 Å². The van der Waals surface area contributed by atoms with Crippen molar-refractivity contribution in [2.75, 3.05) is 0 Å². The Labute approximate surface area is 286 Å². The number of rotatable bonds is 3. The molecule has 0 radical (unpaired) electrons. The lowest BCUT2D eigenvalue weighted by atomic mass is 9.99. The highest BCUT2D eigenvalue weighted by atomic mass is 15.1. The molecule has 0 unspecified atom stereocenters. The first-order chi connectivity index (χ1) is 24.5. The predicted molar refractivity (Wildman–Crippen MR) is 195 cm³/mol. The Hall–Kier alpha value is -8.14. The molecule has 50 heavy (non-hydrogen) atoms. The number of nitriles is 2. The fourth-order valence-electron chi connectivity index (χ4n) is 6.86. The van der Waals surface area contributed by atoms with E-state index in [9.17, 15) is 10.5 Å². The van der Waals surface area contributed by atoms with Crippen LogP contribution in [0.1, 0.15) is 11.1 Å². The molecule has 8 rings (SSSR count). The van der Waals surface area contributed by atoms with Gasteiger partial charge in [0.2, 0.25) is 5.69 Å². The van der Waals surface area contributed by atoms with E-state index in [2.05, 4.69) is 31.5 Å². The van der Waals surface area contributed by atoms with Gasteiger partial charge in [0.15, 0.2) is 17.1 Å². The van der Waals surface area contributed by atoms with Gasteiger partial charge in [0.05, 0.1) is 83.0 Å². The van der Waals surface area contributed by atoms with Crippen molar-refractivity contribution in [3.05, 3.63) is 166 Å². The fraction of sp³-hybridized carbons (Fsp3) is 0. The van der Waals surface area contributed by atoms with Gasteiger partial charge in [0, 0.05) is 5.39 Å². The molecule has 8 heteroatoms. The van der Waals surface area contributed by atoms with Crippen molar-refractivity contribution in [3.63, 3.8) is 0 Å². The Morgan fingerprint density at radius 1 is 0.480 bits per heavy atom. The molecule has 226 valence electrons. The summed E-state index contributed by atoms with van der Waals surface area (Å²) in [6, 6.07) is 37.2. The Morgan fingerprint density at radius 3 is 1.50 bits per heavy atom. The summed E-state index contributed by atoms with van der Waals surface area (Å²) in [7, 11) is 0. The summed E-state index contributed by atoms with van der Waals surface area (Å²) in [6.45, 7) is 31.7. The molecule has 0 atom stereocenters. The van der Waals surface area contributed by atoms with Gasteiger partial charge in [0.25, 0.3) is 0 Å². The van der Waals surface area contributed by atoms with Crippen molar-refractivity contribution in [1.29, 1.82) is 10.5 Å². The molecule has 0 N–H and O–H groups in total. The van der Waals surface area contributed by atoms with E-state index in [-0.39, 0.29) is 0 Å². The predicted octanol–water partition coefficient (Wildman–Crippen LogP) is 11.5. The van der Waals surface area contributed by atoms with Crippen LogP contribution >= 0.6 is 0 Å². The minimum Gasteiger partial charge on any atom is -0.319 e. The summed E-state index contributed by atoms with van der Waals surface area (Å²) < 4.78 is 4.00.